The molecule has 5 heteroatoms. The minimum absolute atomic E-state index is 0.00354. The summed E-state index contributed by atoms with van der Waals surface area (Å²) >= 11 is 0. The van der Waals surface area contributed by atoms with E-state index in [1.54, 1.807) is 0 Å². The van der Waals surface area contributed by atoms with Crippen LogP contribution >= 0.6 is 0 Å². The Morgan fingerprint density at radius 1 is 0.733 bits per heavy atom. The maximum absolute atomic E-state index is 12.7. The maximum Gasteiger partial charge on any atom is 0.308 e. The third kappa shape index (κ3) is 4.93. The van der Waals surface area contributed by atoms with Gasteiger partial charge in [-0.25, -0.2) is 0 Å². The van der Waals surface area contributed by atoms with E-state index in [2.05, 4.69) is 0 Å². The number of Topliss-reactive ketones (excluding diaryl/α,β-unsaturated/α-hetero) is 1. The number of hydrogen-bond donors (Lipinski definition) is 0. The SMILES string of the molecule is O=C(CCC1CCC2(CC1)CO2)C1CCC(C(=O)OCC2CCC3(CC2)CO3)CC1. The van der Waals surface area contributed by atoms with E-state index in [1.807, 2.05) is 0 Å². The van der Waals surface area contributed by atoms with Crippen LogP contribution in [-0.4, -0.2) is 42.8 Å². The molecule has 30 heavy (non-hydrogen) atoms. The van der Waals surface area contributed by atoms with Crippen LogP contribution in [0.1, 0.15) is 89.9 Å². The molecule has 2 aliphatic heterocycles. The summed E-state index contributed by atoms with van der Waals surface area (Å²) in [4.78, 5) is 25.2. The number of rotatable bonds is 7. The van der Waals surface area contributed by atoms with Gasteiger partial charge in [0.15, 0.2) is 0 Å². The van der Waals surface area contributed by atoms with Gasteiger partial charge >= 0.3 is 5.97 Å². The Morgan fingerprint density at radius 3 is 1.77 bits per heavy atom. The first-order valence-electron chi connectivity index (χ1n) is 12.5. The Labute approximate surface area is 180 Å². The van der Waals surface area contributed by atoms with Crippen molar-refractivity contribution in [1.82, 2.24) is 0 Å². The van der Waals surface area contributed by atoms with Gasteiger partial charge in [-0.1, -0.05) is 0 Å². The predicted octanol–water partition coefficient (Wildman–Crippen LogP) is 4.60. The molecule has 2 saturated heterocycles. The first-order valence-corrected chi connectivity index (χ1v) is 12.5. The Kier molecular flexibility index (Phi) is 5.96. The van der Waals surface area contributed by atoms with Gasteiger partial charge in [0.1, 0.15) is 5.78 Å². The molecule has 2 spiro atoms. The van der Waals surface area contributed by atoms with Gasteiger partial charge in [0, 0.05) is 12.3 Å². The Hall–Kier alpha value is -0.940. The number of hydrogen-bond acceptors (Lipinski definition) is 5. The van der Waals surface area contributed by atoms with Crippen LogP contribution in [0.4, 0.5) is 0 Å². The molecule has 0 bridgehead atoms. The number of esters is 1. The van der Waals surface area contributed by atoms with Gasteiger partial charge in [-0.3, -0.25) is 9.59 Å². The van der Waals surface area contributed by atoms with E-state index in [9.17, 15) is 9.59 Å². The van der Waals surface area contributed by atoms with Crippen molar-refractivity contribution in [2.45, 2.75) is 101 Å². The molecular weight excluding hydrogens is 380 g/mol. The molecular formula is C25H38O5. The second kappa shape index (κ2) is 8.54. The molecule has 0 aromatic rings. The van der Waals surface area contributed by atoms with Crippen LogP contribution in [0.2, 0.25) is 0 Å². The van der Waals surface area contributed by atoms with Crippen molar-refractivity contribution in [3.8, 4) is 0 Å². The zero-order chi connectivity index (χ0) is 20.6. The molecule has 5 rings (SSSR count). The smallest absolute Gasteiger partial charge is 0.308 e. The number of carbonyl (C=O) groups is 2. The van der Waals surface area contributed by atoms with E-state index in [-0.39, 0.29) is 29.0 Å². The average molecular weight is 419 g/mol. The summed E-state index contributed by atoms with van der Waals surface area (Å²) in [5.74, 6) is 1.79. The van der Waals surface area contributed by atoms with Crippen molar-refractivity contribution in [3.63, 3.8) is 0 Å². The highest BCUT2D eigenvalue weighted by Gasteiger charge is 2.47. The lowest BCUT2D eigenvalue weighted by molar-refractivity contribution is -0.152. The predicted molar refractivity (Wildman–Crippen MR) is 112 cm³/mol. The molecule has 5 aliphatic rings. The van der Waals surface area contributed by atoms with E-state index in [0.717, 1.165) is 77.4 Å². The number of carbonyl (C=O) groups excluding carboxylic acids is 2. The van der Waals surface area contributed by atoms with Crippen molar-refractivity contribution < 1.29 is 23.8 Å². The number of epoxide rings is 2. The monoisotopic (exact) mass is 418 g/mol. The van der Waals surface area contributed by atoms with E-state index in [4.69, 9.17) is 14.2 Å². The number of ketones is 1. The largest absolute Gasteiger partial charge is 0.465 e. The first kappa shape index (κ1) is 20.9. The summed E-state index contributed by atoms with van der Waals surface area (Å²) < 4.78 is 16.8. The van der Waals surface area contributed by atoms with Crippen LogP contribution in [-0.2, 0) is 23.8 Å². The molecule has 5 fully saturated rings. The number of ether oxygens (including phenoxy) is 3. The summed E-state index contributed by atoms with van der Waals surface area (Å²) in [7, 11) is 0. The van der Waals surface area contributed by atoms with Crippen molar-refractivity contribution in [2.75, 3.05) is 19.8 Å². The molecule has 0 N–H and O–H groups in total. The van der Waals surface area contributed by atoms with E-state index in [1.165, 1.54) is 25.7 Å². The van der Waals surface area contributed by atoms with E-state index >= 15 is 0 Å². The highest BCUT2D eigenvalue weighted by molar-refractivity contribution is 5.81. The maximum atomic E-state index is 12.7. The van der Waals surface area contributed by atoms with Gasteiger partial charge < -0.3 is 14.2 Å². The van der Waals surface area contributed by atoms with Crippen molar-refractivity contribution in [3.05, 3.63) is 0 Å². The summed E-state index contributed by atoms with van der Waals surface area (Å²) in [6.45, 7) is 2.46. The summed E-state index contributed by atoms with van der Waals surface area (Å²) in [5.41, 5.74) is 0.453. The van der Waals surface area contributed by atoms with Crippen LogP contribution in [0.15, 0.2) is 0 Å². The Bertz CT molecular complexity index is 566. The zero-order valence-electron chi connectivity index (χ0n) is 18.4. The molecule has 0 aromatic carbocycles. The van der Waals surface area contributed by atoms with Crippen molar-refractivity contribution >= 4 is 11.8 Å². The average Bonchev–Trinajstić information content (AvgIpc) is 3.72. The minimum Gasteiger partial charge on any atom is -0.465 e. The van der Waals surface area contributed by atoms with Crippen LogP contribution in [0.3, 0.4) is 0 Å². The normalized spacial score (nSPS) is 42.8. The fourth-order valence-electron chi connectivity index (χ4n) is 6.16. The van der Waals surface area contributed by atoms with Crippen LogP contribution < -0.4 is 0 Å². The Balaban J connectivity index is 0.961. The minimum atomic E-state index is -0.0257. The summed E-state index contributed by atoms with van der Waals surface area (Å²) in [5, 5.41) is 0. The second-order valence-corrected chi connectivity index (χ2v) is 11.0. The molecule has 168 valence electrons. The molecule has 0 amide bonds. The quantitative estimate of drug-likeness (QED) is 0.446. The molecule has 0 unspecified atom stereocenters. The highest BCUT2D eigenvalue weighted by atomic mass is 16.6. The zero-order valence-corrected chi connectivity index (χ0v) is 18.4. The standard InChI is InChI=1S/C25H38O5/c26-22(6-1-18-7-11-24(12-8-18)16-29-24)20-2-4-21(5-3-20)23(27)28-15-19-9-13-25(14-10-19)17-30-25/h18-21H,1-17H2. The lowest BCUT2D eigenvalue weighted by atomic mass is 9.76. The molecule has 0 radical (unpaired) electrons. The Morgan fingerprint density at radius 2 is 1.23 bits per heavy atom. The van der Waals surface area contributed by atoms with Gasteiger partial charge in [-0.05, 0) is 95.3 Å². The molecule has 2 heterocycles. The van der Waals surface area contributed by atoms with Crippen molar-refractivity contribution in [2.24, 2.45) is 23.7 Å². The lowest BCUT2D eigenvalue weighted by Crippen LogP contribution is -2.30. The highest BCUT2D eigenvalue weighted by Crippen LogP contribution is 2.45. The van der Waals surface area contributed by atoms with Gasteiger partial charge in [0.25, 0.3) is 0 Å². The van der Waals surface area contributed by atoms with Crippen molar-refractivity contribution in [1.29, 1.82) is 0 Å². The van der Waals surface area contributed by atoms with Gasteiger partial charge in [-0.2, -0.15) is 0 Å². The molecule has 0 atom stereocenters. The first-order chi connectivity index (χ1) is 14.5. The van der Waals surface area contributed by atoms with E-state index in [0.29, 0.717) is 24.2 Å². The fraction of sp³-hybridized carbons (Fsp3) is 0.920. The molecule has 3 saturated carbocycles. The molecule has 3 aliphatic carbocycles. The topological polar surface area (TPSA) is 68.4 Å². The van der Waals surface area contributed by atoms with Crippen LogP contribution in [0, 0.1) is 23.7 Å². The van der Waals surface area contributed by atoms with Gasteiger partial charge in [-0.15, -0.1) is 0 Å². The van der Waals surface area contributed by atoms with Gasteiger partial charge in [0.05, 0.1) is 36.9 Å². The van der Waals surface area contributed by atoms with Gasteiger partial charge in [0.2, 0.25) is 0 Å². The lowest BCUT2D eigenvalue weighted by Gasteiger charge is -2.29. The molecule has 5 nitrogen and oxygen atoms in total. The third-order valence-corrected chi connectivity index (χ3v) is 8.91. The van der Waals surface area contributed by atoms with E-state index < -0.39 is 0 Å². The summed E-state index contributed by atoms with van der Waals surface area (Å²) in [6.07, 6.45) is 14.4. The third-order valence-electron chi connectivity index (χ3n) is 8.91. The fourth-order valence-corrected chi connectivity index (χ4v) is 6.16. The van der Waals surface area contributed by atoms with Crippen LogP contribution in [0.25, 0.3) is 0 Å². The second-order valence-electron chi connectivity index (χ2n) is 11.0. The summed E-state index contributed by atoms with van der Waals surface area (Å²) in [6, 6.07) is 0. The molecule has 0 aromatic heterocycles. The van der Waals surface area contributed by atoms with Crippen LogP contribution in [0.5, 0.6) is 0 Å².